The Labute approximate surface area is 125 Å². The molecule has 0 aliphatic heterocycles. The first kappa shape index (κ1) is 15.0. The van der Waals surface area contributed by atoms with E-state index in [2.05, 4.69) is 43.2 Å². The summed E-state index contributed by atoms with van der Waals surface area (Å²) in [4.78, 5) is 5.84. The zero-order valence-corrected chi connectivity index (χ0v) is 13.6. The number of hydrogen-bond acceptors (Lipinski definition) is 4. The van der Waals surface area contributed by atoms with Crippen molar-refractivity contribution >= 4 is 11.3 Å². The van der Waals surface area contributed by atoms with Crippen molar-refractivity contribution in [1.29, 1.82) is 0 Å². The van der Waals surface area contributed by atoms with E-state index in [1.165, 1.54) is 16.0 Å². The molecule has 20 heavy (non-hydrogen) atoms. The standard InChI is InChI=1S/C16H22N2OS/c1-10-6-7-15(19-5)13(8-10)9-14(17-4)16-11(2)18-12(3)20-16/h6-8,14,17H,9H2,1-5H3. The molecule has 0 aliphatic carbocycles. The third-order valence-corrected chi connectivity index (χ3v) is 4.65. The molecule has 3 nitrogen and oxygen atoms in total. The maximum absolute atomic E-state index is 5.48. The topological polar surface area (TPSA) is 34.1 Å². The zero-order chi connectivity index (χ0) is 14.7. The molecule has 1 heterocycles. The van der Waals surface area contributed by atoms with Crippen molar-refractivity contribution in [1.82, 2.24) is 10.3 Å². The van der Waals surface area contributed by atoms with Crippen LogP contribution in [0.4, 0.5) is 0 Å². The Hall–Kier alpha value is -1.39. The number of methoxy groups -OCH3 is 1. The summed E-state index contributed by atoms with van der Waals surface area (Å²) in [6.07, 6.45) is 0.907. The summed E-state index contributed by atoms with van der Waals surface area (Å²) >= 11 is 1.77. The zero-order valence-electron chi connectivity index (χ0n) is 12.8. The fourth-order valence-corrected chi connectivity index (χ4v) is 3.52. The Balaban J connectivity index is 2.31. The van der Waals surface area contributed by atoms with Gasteiger partial charge in [0.25, 0.3) is 0 Å². The summed E-state index contributed by atoms with van der Waals surface area (Å²) in [5, 5.41) is 4.53. The minimum absolute atomic E-state index is 0.275. The Morgan fingerprint density at radius 2 is 2.05 bits per heavy atom. The molecule has 0 amide bonds. The van der Waals surface area contributed by atoms with Crippen molar-refractivity contribution < 1.29 is 4.74 Å². The fourth-order valence-electron chi connectivity index (χ4n) is 2.48. The van der Waals surface area contributed by atoms with Crippen LogP contribution in [-0.2, 0) is 6.42 Å². The maximum atomic E-state index is 5.48. The van der Waals surface area contributed by atoms with Crippen LogP contribution in [0.3, 0.4) is 0 Å². The minimum Gasteiger partial charge on any atom is -0.496 e. The van der Waals surface area contributed by atoms with Crippen molar-refractivity contribution in [3.05, 3.63) is 44.9 Å². The Kier molecular flexibility index (Phi) is 4.78. The molecule has 1 aromatic heterocycles. The van der Waals surface area contributed by atoms with E-state index in [9.17, 15) is 0 Å². The number of nitrogens with one attached hydrogen (secondary N) is 1. The van der Waals surface area contributed by atoms with E-state index in [1.807, 2.05) is 13.1 Å². The summed E-state index contributed by atoms with van der Waals surface area (Å²) in [5.74, 6) is 0.953. The number of likely N-dealkylation sites (N-methyl/N-ethyl adjacent to an activating group) is 1. The number of hydrogen-bond donors (Lipinski definition) is 1. The highest BCUT2D eigenvalue weighted by Gasteiger charge is 2.18. The molecule has 1 N–H and O–H groups in total. The highest BCUT2D eigenvalue weighted by Crippen LogP contribution is 2.30. The quantitative estimate of drug-likeness (QED) is 0.914. The molecule has 108 valence electrons. The lowest BCUT2D eigenvalue weighted by Crippen LogP contribution is -2.19. The first-order valence-corrected chi connectivity index (χ1v) is 7.61. The number of benzene rings is 1. The first-order chi connectivity index (χ1) is 9.55. The van der Waals surface area contributed by atoms with E-state index in [0.717, 1.165) is 22.9 Å². The van der Waals surface area contributed by atoms with Crippen LogP contribution in [0.15, 0.2) is 18.2 Å². The van der Waals surface area contributed by atoms with Gasteiger partial charge in [0.05, 0.1) is 17.8 Å². The fraction of sp³-hybridized carbons (Fsp3) is 0.438. The van der Waals surface area contributed by atoms with Crippen LogP contribution in [0.1, 0.15) is 32.7 Å². The molecular weight excluding hydrogens is 268 g/mol. The first-order valence-electron chi connectivity index (χ1n) is 6.80. The second kappa shape index (κ2) is 6.37. The van der Waals surface area contributed by atoms with Gasteiger partial charge in [-0.2, -0.15) is 0 Å². The molecule has 4 heteroatoms. The van der Waals surface area contributed by atoms with Crippen LogP contribution in [0.5, 0.6) is 5.75 Å². The van der Waals surface area contributed by atoms with Gasteiger partial charge in [0.2, 0.25) is 0 Å². The van der Waals surface area contributed by atoms with Crippen molar-refractivity contribution in [2.75, 3.05) is 14.2 Å². The summed E-state index contributed by atoms with van der Waals surface area (Å²) in [5.41, 5.74) is 3.61. The molecule has 0 spiro atoms. The van der Waals surface area contributed by atoms with Gasteiger partial charge in [0, 0.05) is 10.9 Å². The van der Waals surface area contributed by atoms with Crippen LogP contribution in [0, 0.1) is 20.8 Å². The highest BCUT2D eigenvalue weighted by molar-refractivity contribution is 7.11. The second-order valence-corrected chi connectivity index (χ2v) is 6.28. The van der Waals surface area contributed by atoms with Crippen molar-refractivity contribution in [2.45, 2.75) is 33.2 Å². The van der Waals surface area contributed by atoms with Gasteiger partial charge in [0.15, 0.2) is 0 Å². The molecule has 0 saturated carbocycles. The molecule has 0 saturated heterocycles. The second-order valence-electron chi connectivity index (χ2n) is 5.04. The number of thiazole rings is 1. The van der Waals surface area contributed by atoms with E-state index in [1.54, 1.807) is 18.4 Å². The van der Waals surface area contributed by atoms with Crippen molar-refractivity contribution in [2.24, 2.45) is 0 Å². The maximum Gasteiger partial charge on any atom is 0.122 e. The molecule has 2 rings (SSSR count). The minimum atomic E-state index is 0.275. The summed E-state index contributed by atoms with van der Waals surface area (Å²) in [6, 6.07) is 6.60. The van der Waals surface area contributed by atoms with Gasteiger partial charge in [-0.15, -0.1) is 11.3 Å². The van der Waals surface area contributed by atoms with Gasteiger partial charge in [0.1, 0.15) is 5.75 Å². The van der Waals surface area contributed by atoms with Crippen molar-refractivity contribution in [3.63, 3.8) is 0 Å². The average Bonchev–Trinajstić information content (AvgIpc) is 2.75. The normalized spacial score (nSPS) is 12.4. The van der Waals surface area contributed by atoms with E-state index >= 15 is 0 Å². The van der Waals surface area contributed by atoms with E-state index in [4.69, 9.17) is 4.74 Å². The van der Waals surface area contributed by atoms with Gasteiger partial charge in [-0.1, -0.05) is 17.7 Å². The highest BCUT2D eigenvalue weighted by atomic mass is 32.1. The molecule has 0 radical (unpaired) electrons. The number of aromatic nitrogens is 1. The molecule has 0 fully saturated rings. The van der Waals surface area contributed by atoms with Gasteiger partial charge >= 0.3 is 0 Å². The summed E-state index contributed by atoms with van der Waals surface area (Å²) in [7, 11) is 3.73. The number of nitrogens with zero attached hydrogens (tertiary/aromatic N) is 1. The van der Waals surface area contributed by atoms with Gasteiger partial charge in [-0.05, 0) is 45.9 Å². The molecule has 0 bridgehead atoms. The van der Waals surface area contributed by atoms with Gasteiger partial charge in [-0.3, -0.25) is 0 Å². The lowest BCUT2D eigenvalue weighted by Gasteiger charge is -2.17. The van der Waals surface area contributed by atoms with Crippen LogP contribution in [-0.4, -0.2) is 19.1 Å². The number of ether oxygens (including phenoxy) is 1. The smallest absolute Gasteiger partial charge is 0.122 e. The number of aryl methyl sites for hydroxylation is 3. The predicted molar refractivity (Wildman–Crippen MR) is 84.8 cm³/mol. The molecule has 0 aliphatic rings. The predicted octanol–water partition coefficient (Wildman–Crippen LogP) is 3.58. The number of rotatable bonds is 5. The average molecular weight is 290 g/mol. The van der Waals surface area contributed by atoms with Crippen molar-refractivity contribution in [3.8, 4) is 5.75 Å². The Morgan fingerprint density at radius 1 is 1.30 bits per heavy atom. The van der Waals surface area contributed by atoms with Crippen LogP contribution in [0.2, 0.25) is 0 Å². The molecular formula is C16H22N2OS. The van der Waals surface area contributed by atoms with Gasteiger partial charge < -0.3 is 10.1 Å². The van der Waals surface area contributed by atoms with Gasteiger partial charge in [-0.25, -0.2) is 4.98 Å². The Morgan fingerprint density at radius 3 is 2.60 bits per heavy atom. The monoisotopic (exact) mass is 290 g/mol. The van der Waals surface area contributed by atoms with E-state index in [-0.39, 0.29) is 6.04 Å². The van der Waals surface area contributed by atoms with E-state index < -0.39 is 0 Å². The largest absolute Gasteiger partial charge is 0.496 e. The summed E-state index contributed by atoms with van der Waals surface area (Å²) in [6.45, 7) is 6.25. The third-order valence-electron chi connectivity index (χ3n) is 3.46. The third kappa shape index (κ3) is 3.19. The molecule has 2 aromatic rings. The van der Waals surface area contributed by atoms with Crippen LogP contribution >= 0.6 is 11.3 Å². The Bertz CT molecular complexity index is 592. The van der Waals surface area contributed by atoms with Crippen LogP contribution in [0.25, 0.3) is 0 Å². The SMILES string of the molecule is CNC(Cc1cc(C)ccc1OC)c1sc(C)nc1C. The molecule has 1 unspecified atom stereocenters. The summed E-state index contributed by atoms with van der Waals surface area (Å²) < 4.78 is 5.48. The molecule has 1 aromatic carbocycles. The lowest BCUT2D eigenvalue weighted by atomic mass is 10.0. The van der Waals surface area contributed by atoms with Crippen LogP contribution < -0.4 is 10.1 Å². The molecule has 1 atom stereocenters. The van der Waals surface area contributed by atoms with E-state index in [0.29, 0.717) is 0 Å². The lowest BCUT2D eigenvalue weighted by molar-refractivity contribution is 0.406.